The van der Waals surface area contributed by atoms with Gasteiger partial charge >= 0.3 is 5.97 Å². The van der Waals surface area contributed by atoms with Crippen LogP contribution in [-0.2, 0) is 50.9 Å². The molecule has 0 saturated heterocycles. The van der Waals surface area contributed by atoms with E-state index in [2.05, 4.69) is 17.0 Å². The highest BCUT2D eigenvalue weighted by Crippen LogP contribution is 2.47. The second-order valence-electron chi connectivity index (χ2n) is 16.5. The average molecular weight is 865 g/mol. The summed E-state index contributed by atoms with van der Waals surface area (Å²) >= 11 is 6.53. The van der Waals surface area contributed by atoms with E-state index >= 15 is 0 Å². The van der Waals surface area contributed by atoms with Crippen molar-refractivity contribution in [2.24, 2.45) is 11.8 Å². The van der Waals surface area contributed by atoms with Crippen LogP contribution in [0.5, 0.6) is 23.0 Å². The standard InChI is InChI=1S/C49H53ClN2O8S/c1-56-41-16-9-34(10-17-41)28-52(29-35-11-18-42(57-2)19-12-35)61(54,55)44-20-22-47-46(27-44)51(32-49(33-60-47)23-5-7-37-26-40(50)15-21-45(37)49)30-38-13-14-39(38)31-59-43-8-4-6-36(24-43)25-48(53)58-3/h4,6,8-12,15-22,24,26-27,38-39H,5,7,13-14,23,25,28-33H2,1-3H3/t38-,39-,49-/m0/s1. The van der Waals surface area contributed by atoms with E-state index in [0.29, 0.717) is 55.4 Å². The van der Waals surface area contributed by atoms with Gasteiger partial charge in [0.25, 0.3) is 0 Å². The summed E-state index contributed by atoms with van der Waals surface area (Å²) in [6, 6.07) is 34.1. The molecule has 320 valence electrons. The van der Waals surface area contributed by atoms with Crippen molar-refractivity contribution in [3.05, 3.63) is 142 Å². The molecule has 0 bridgehead atoms. The van der Waals surface area contributed by atoms with Crippen molar-refractivity contribution >= 4 is 33.3 Å². The van der Waals surface area contributed by atoms with Crippen LogP contribution in [0.4, 0.5) is 5.69 Å². The Hall–Kier alpha value is -5.23. The number of hydrogen-bond donors (Lipinski definition) is 0. The lowest BCUT2D eigenvalue weighted by Crippen LogP contribution is -2.49. The molecule has 10 nitrogen and oxygen atoms in total. The zero-order chi connectivity index (χ0) is 42.6. The van der Waals surface area contributed by atoms with E-state index in [1.54, 1.807) is 20.3 Å². The summed E-state index contributed by atoms with van der Waals surface area (Å²) in [5, 5.41) is 0.724. The maximum atomic E-state index is 15.0. The molecule has 1 saturated carbocycles. The molecule has 1 heterocycles. The number of carbonyl (C=O) groups excluding carboxylic acids is 1. The Bertz CT molecular complexity index is 2400. The number of fused-ring (bicyclic) bond motifs is 3. The molecule has 5 aromatic carbocycles. The molecular weight excluding hydrogens is 812 g/mol. The third kappa shape index (κ3) is 9.49. The Morgan fingerprint density at radius 3 is 2.18 bits per heavy atom. The van der Waals surface area contributed by atoms with Gasteiger partial charge in [0.15, 0.2) is 0 Å². The van der Waals surface area contributed by atoms with Crippen molar-refractivity contribution in [2.45, 2.75) is 61.9 Å². The third-order valence-corrected chi connectivity index (χ3v) is 14.7. The summed E-state index contributed by atoms with van der Waals surface area (Å²) in [4.78, 5) is 14.5. The molecule has 0 aromatic heterocycles. The molecule has 1 fully saturated rings. The number of aryl methyl sites for hydroxylation is 1. The smallest absolute Gasteiger partial charge is 0.309 e. The lowest BCUT2D eigenvalue weighted by molar-refractivity contribution is -0.139. The van der Waals surface area contributed by atoms with Gasteiger partial charge in [0, 0.05) is 36.6 Å². The maximum absolute atomic E-state index is 15.0. The van der Waals surface area contributed by atoms with Crippen molar-refractivity contribution in [3.8, 4) is 23.0 Å². The van der Waals surface area contributed by atoms with Crippen LogP contribution < -0.4 is 23.8 Å². The average Bonchev–Trinajstić information content (AvgIpc) is 3.42. The Morgan fingerprint density at radius 1 is 0.820 bits per heavy atom. The molecule has 61 heavy (non-hydrogen) atoms. The first-order valence-electron chi connectivity index (χ1n) is 20.9. The molecule has 1 aliphatic heterocycles. The van der Waals surface area contributed by atoms with Crippen LogP contribution >= 0.6 is 11.6 Å². The normalized spacial score (nSPS) is 19.5. The zero-order valence-corrected chi connectivity index (χ0v) is 36.6. The van der Waals surface area contributed by atoms with E-state index in [1.165, 1.54) is 22.5 Å². The van der Waals surface area contributed by atoms with Crippen LogP contribution in [0.15, 0.2) is 114 Å². The molecule has 0 radical (unpaired) electrons. The molecule has 0 amide bonds. The van der Waals surface area contributed by atoms with Crippen LogP contribution in [0, 0.1) is 11.8 Å². The fourth-order valence-corrected chi connectivity index (χ4v) is 10.7. The first-order valence-corrected chi connectivity index (χ1v) is 22.7. The minimum atomic E-state index is -4.04. The predicted octanol–water partition coefficient (Wildman–Crippen LogP) is 9.04. The monoisotopic (exact) mass is 864 g/mol. The second-order valence-corrected chi connectivity index (χ2v) is 18.9. The largest absolute Gasteiger partial charge is 0.497 e. The summed E-state index contributed by atoms with van der Waals surface area (Å²) in [6.07, 6.45) is 5.13. The van der Waals surface area contributed by atoms with E-state index in [4.69, 9.17) is 35.3 Å². The van der Waals surface area contributed by atoms with E-state index in [9.17, 15) is 13.2 Å². The number of sulfonamides is 1. The lowest BCUT2D eigenvalue weighted by Gasteiger charge is -2.44. The number of hydrogen-bond acceptors (Lipinski definition) is 9. The van der Waals surface area contributed by atoms with E-state index in [0.717, 1.165) is 65.3 Å². The number of halogens is 1. The molecule has 2 aliphatic carbocycles. The minimum absolute atomic E-state index is 0.160. The van der Waals surface area contributed by atoms with Gasteiger partial charge in [-0.05, 0) is 138 Å². The van der Waals surface area contributed by atoms with Crippen molar-refractivity contribution in [2.75, 3.05) is 52.5 Å². The molecule has 0 N–H and O–H groups in total. The van der Waals surface area contributed by atoms with Crippen molar-refractivity contribution in [1.82, 2.24) is 4.31 Å². The summed E-state index contributed by atoms with van der Waals surface area (Å²) in [6.45, 7) is 2.70. The maximum Gasteiger partial charge on any atom is 0.309 e. The van der Waals surface area contributed by atoms with Gasteiger partial charge in [-0.2, -0.15) is 4.31 Å². The fraction of sp³-hybridized carbons (Fsp3) is 0.367. The molecule has 1 spiro atoms. The van der Waals surface area contributed by atoms with Gasteiger partial charge < -0.3 is 28.6 Å². The summed E-state index contributed by atoms with van der Waals surface area (Å²) in [5.41, 5.74) is 5.46. The van der Waals surface area contributed by atoms with Gasteiger partial charge in [0.2, 0.25) is 10.0 Å². The zero-order valence-electron chi connectivity index (χ0n) is 35.0. The SMILES string of the molecule is COC(=O)Cc1cccc(OC[C@@H]2CC[C@H]2CN2C[C@@]3(CCCc4cc(Cl)ccc43)COc3ccc(S(=O)(=O)N(Cc4ccc(OC)cc4)Cc4ccc(OC)cc4)cc32)c1. The number of anilines is 1. The van der Waals surface area contributed by atoms with E-state index < -0.39 is 10.0 Å². The Labute approximate surface area is 364 Å². The highest BCUT2D eigenvalue weighted by atomic mass is 35.5. The first kappa shape index (κ1) is 42.5. The number of benzene rings is 5. The van der Waals surface area contributed by atoms with Crippen molar-refractivity contribution < 1.29 is 36.9 Å². The minimum Gasteiger partial charge on any atom is -0.497 e. The molecule has 3 atom stereocenters. The van der Waals surface area contributed by atoms with Gasteiger partial charge in [0.1, 0.15) is 23.0 Å². The predicted molar refractivity (Wildman–Crippen MR) is 237 cm³/mol. The number of ether oxygens (including phenoxy) is 5. The summed E-state index contributed by atoms with van der Waals surface area (Å²) in [5.74, 6) is 3.09. The fourth-order valence-electron chi connectivity index (χ4n) is 9.07. The van der Waals surface area contributed by atoms with E-state index in [1.807, 2.05) is 91.0 Å². The second kappa shape index (κ2) is 18.4. The van der Waals surface area contributed by atoms with Crippen LogP contribution in [-0.4, -0.2) is 66.3 Å². The van der Waals surface area contributed by atoms with Crippen LogP contribution in [0.1, 0.15) is 53.5 Å². The number of carbonyl (C=O) groups is 1. The van der Waals surface area contributed by atoms with E-state index in [-0.39, 0.29) is 35.8 Å². The van der Waals surface area contributed by atoms with Crippen LogP contribution in [0.25, 0.3) is 0 Å². The van der Waals surface area contributed by atoms with Crippen molar-refractivity contribution in [3.63, 3.8) is 0 Å². The highest BCUT2D eigenvalue weighted by molar-refractivity contribution is 7.89. The highest BCUT2D eigenvalue weighted by Gasteiger charge is 2.44. The van der Waals surface area contributed by atoms with Gasteiger partial charge in [0.05, 0.1) is 51.5 Å². The van der Waals surface area contributed by atoms with Gasteiger partial charge in [-0.25, -0.2) is 8.42 Å². The van der Waals surface area contributed by atoms with Crippen LogP contribution in [0.3, 0.4) is 0 Å². The Kier molecular flexibility index (Phi) is 12.8. The van der Waals surface area contributed by atoms with Crippen molar-refractivity contribution in [1.29, 1.82) is 0 Å². The molecule has 5 aromatic rings. The van der Waals surface area contributed by atoms with Gasteiger partial charge in [-0.3, -0.25) is 4.79 Å². The summed E-state index contributed by atoms with van der Waals surface area (Å²) in [7, 11) is 0.570. The Balaban J connectivity index is 1.11. The topological polar surface area (TPSA) is 104 Å². The van der Waals surface area contributed by atoms with Gasteiger partial charge in [-0.15, -0.1) is 0 Å². The molecule has 0 unspecified atom stereocenters. The number of esters is 1. The van der Waals surface area contributed by atoms with Crippen LogP contribution in [0.2, 0.25) is 5.02 Å². The number of nitrogens with zero attached hydrogens (tertiary/aromatic N) is 2. The molecular formula is C49H53ClN2O8S. The quantitative estimate of drug-likeness (QED) is 0.0955. The third-order valence-electron chi connectivity index (χ3n) is 12.7. The molecule has 3 aliphatic rings. The first-order chi connectivity index (χ1) is 29.5. The Morgan fingerprint density at radius 2 is 1.52 bits per heavy atom. The number of methoxy groups -OCH3 is 3. The number of rotatable bonds is 15. The lowest BCUT2D eigenvalue weighted by atomic mass is 9.69. The summed E-state index contributed by atoms with van der Waals surface area (Å²) < 4.78 is 60.2. The van der Waals surface area contributed by atoms with Gasteiger partial charge in [-0.1, -0.05) is 54.1 Å². The molecule has 12 heteroatoms. The molecule has 8 rings (SSSR count).